The number of rotatable bonds is 3. The molecule has 5 heteroatoms. The quantitative estimate of drug-likeness (QED) is 0.849. The van der Waals surface area contributed by atoms with Gasteiger partial charge in [0.05, 0.1) is 6.10 Å². The normalized spacial score (nSPS) is 29.7. The molecule has 0 unspecified atom stereocenters. The second kappa shape index (κ2) is 6.77. The largest absolute Gasteiger partial charge is 0.391 e. The van der Waals surface area contributed by atoms with Crippen molar-refractivity contribution in [2.24, 2.45) is 11.7 Å². The van der Waals surface area contributed by atoms with Crippen LogP contribution in [0.3, 0.4) is 0 Å². The Labute approximate surface area is 131 Å². The van der Waals surface area contributed by atoms with Crippen molar-refractivity contribution in [3.8, 4) is 0 Å². The Morgan fingerprint density at radius 1 is 1.14 bits per heavy atom. The van der Waals surface area contributed by atoms with Gasteiger partial charge in [0.2, 0.25) is 5.91 Å². The molecule has 1 aromatic rings. The van der Waals surface area contributed by atoms with Crippen LogP contribution < -0.4 is 5.73 Å². The van der Waals surface area contributed by atoms with Gasteiger partial charge >= 0.3 is 0 Å². The smallest absolute Gasteiger partial charge is 0.225 e. The summed E-state index contributed by atoms with van der Waals surface area (Å²) in [4.78, 5) is 16.8. The van der Waals surface area contributed by atoms with Crippen molar-refractivity contribution in [2.45, 2.75) is 31.5 Å². The van der Waals surface area contributed by atoms with Gasteiger partial charge in [-0.15, -0.1) is 0 Å². The molecule has 1 aromatic carbocycles. The topological polar surface area (TPSA) is 69.8 Å². The van der Waals surface area contributed by atoms with Gasteiger partial charge in [-0.25, -0.2) is 0 Å². The SMILES string of the molecule is N[C@@H]1C[C@H](C(=O)N2CCN(Cc3ccccc3)CC2)C[C@H]1O. The Morgan fingerprint density at radius 2 is 1.82 bits per heavy atom. The molecule has 1 heterocycles. The molecule has 2 fully saturated rings. The summed E-state index contributed by atoms with van der Waals surface area (Å²) < 4.78 is 0. The number of hydrogen-bond donors (Lipinski definition) is 2. The van der Waals surface area contributed by atoms with E-state index in [0.717, 1.165) is 32.7 Å². The van der Waals surface area contributed by atoms with Crippen LogP contribution in [-0.4, -0.2) is 59.1 Å². The lowest BCUT2D eigenvalue weighted by atomic mass is 10.1. The minimum atomic E-state index is -0.520. The molecule has 1 saturated carbocycles. The fourth-order valence-corrected chi connectivity index (χ4v) is 3.48. The number of piperazine rings is 1. The molecule has 0 radical (unpaired) electrons. The van der Waals surface area contributed by atoms with E-state index in [1.165, 1.54) is 5.56 Å². The summed E-state index contributed by atoms with van der Waals surface area (Å²) in [6.07, 6.45) is 0.613. The van der Waals surface area contributed by atoms with Crippen LogP contribution in [0.25, 0.3) is 0 Å². The van der Waals surface area contributed by atoms with Crippen molar-refractivity contribution < 1.29 is 9.90 Å². The van der Waals surface area contributed by atoms with Gasteiger partial charge in [-0.2, -0.15) is 0 Å². The number of aliphatic hydroxyl groups excluding tert-OH is 1. The van der Waals surface area contributed by atoms with E-state index in [4.69, 9.17) is 5.73 Å². The monoisotopic (exact) mass is 303 g/mol. The zero-order chi connectivity index (χ0) is 15.5. The molecule has 3 N–H and O–H groups in total. The van der Waals surface area contributed by atoms with E-state index in [9.17, 15) is 9.90 Å². The second-order valence-corrected chi connectivity index (χ2v) is 6.49. The fraction of sp³-hybridized carbons (Fsp3) is 0.588. The lowest BCUT2D eigenvalue weighted by Gasteiger charge is -2.36. The maximum Gasteiger partial charge on any atom is 0.225 e. The summed E-state index contributed by atoms with van der Waals surface area (Å²) in [5.74, 6) is 0.0806. The van der Waals surface area contributed by atoms with Crippen LogP contribution in [0.2, 0.25) is 0 Å². The van der Waals surface area contributed by atoms with E-state index in [0.29, 0.717) is 12.8 Å². The van der Waals surface area contributed by atoms with E-state index in [2.05, 4.69) is 29.2 Å². The average Bonchev–Trinajstić information content (AvgIpc) is 2.88. The van der Waals surface area contributed by atoms with Crippen molar-refractivity contribution in [3.63, 3.8) is 0 Å². The van der Waals surface area contributed by atoms with Gasteiger partial charge in [-0.3, -0.25) is 9.69 Å². The Hall–Kier alpha value is -1.43. The number of carbonyl (C=O) groups excluding carboxylic acids is 1. The summed E-state index contributed by atoms with van der Waals surface area (Å²) in [6, 6.07) is 10.2. The molecule has 0 spiro atoms. The Bertz CT molecular complexity index is 490. The van der Waals surface area contributed by atoms with Gasteiger partial charge in [0, 0.05) is 44.7 Å². The number of benzene rings is 1. The number of aliphatic hydroxyl groups is 1. The predicted molar refractivity (Wildman–Crippen MR) is 85.0 cm³/mol. The van der Waals surface area contributed by atoms with Crippen LogP contribution >= 0.6 is 0 Å². The van der Waals surface area contributed by atoms with E-state index in [1.54, 1.807) is 0 Å². The van der Waals surface area contributed by atoms with Crippen LogP contribution in [0.4, 0.5) is 0 Å². The van der Waals surface area contributed by atoms with Crippen molar-refractivity contribution in [2.75, 3.05) is 26.2 Å². The number of nitrogens with two attached hydrogens (primary N) is 1. The lowest BCUT2D eigenvalue weighted by Crippen LogP contribution is -2.49. The predicted octanol–water partition coefficient (Wildman–Crippen LogP) is 0.429. The van der Waals surface area contributed by atoms with Crippen LogP contribution in [0, 0.1) is 5.92 Å². The molecular weight excluding hydrogens is 278 g/mol. The van der Waals surface area contributed by atoms with E-state index < -0.39 is 6.10 Å². The first-order valence-electron chi connectivity index (χ1n) is 8.12. The molecule has 0 bridgehead atoms. The third-order valence-corrected chi connectivity index (χ3v) is 4.86. The van der Waals surface area contributed by atoms with Gasteiger partial charge in [-0.1, -0.05) is 30.3 Å². The number of hydrogen-bond acceptors (Lipinski definition) is 4. The standard InChI is InChI=1S/C17H25N3O2/c18-15-10-14(11-16(15)21)17(22)20-8-6-19(7-9-20)12-13-4-2-1-3-5-13/h1-5,14-16,21H,6-12,18H2/t14-,15+,16+/m0/s1. The highest BCUT2D eigenvalue weighted by Crippen LogP contribution is 2.27. The summed E-state index contributed by atoms with van der Waals surface area (Å²) in [6.45, 7) is 4.29. The summed E-state index contributed by atoms with van der Waals surface area (Å²) in [7, 11) is 0. The average molecular weight is 303 g/mol. The van der Waals surface area contributed by atoms with Crippen LogP contribution in [0.5, 0.6) is 0 Å². The number of amides is 1. The summed E-state index contributed by atoms with van der Waals surface area (Å²) in [5.41, 5.74) is 7.13. The van der Waals surface area contributed by atoms with Gasteiger partial charge in [-0.05, 0) is 18.4 Å². The molecule has 1 aliphatic carbocycles. The fourth-order valence-electron chi connectivity index (χ4n) is 3.48. The van der Waals surface area contributed by atoms with Crippen molar-refractivity contribution in [1.29, 1.82) is 0 Å². The zero-order valence-electron chi connectivity index (χ0n) is 12.9. The molecular formula is C17H25N3O2. The number of carbonyl (C=O) groups is 1. The molecule has 3 rings (SSSR count). The third kappa shape index (κ3) is 3.48. The van der Waals surface area contributed by atoms with Gasteiger partial charge in [0.25, 0.3) is 0 Å². The molecule has 120 valence electrons. The molecule has 1 amide bonds. The maximum absolute atomic E-state index is 12.5. The van der Waals surface area contributed by atoms with Crippen LogP contribution in [0.15, 0.2) is 30.3 Å². The first-order valence-corrected chi connectivity index (χ1v) is 8.12. The minimum Gasteiger partial charge on any atom is -0.391 e. The van der Waals surface area contributed by atoms with Gasteiger partial charge < -0.3 is 15.7 Å². The van der Waals surface area contributed by atoms with Gasteiger partial charge in [0.1, 0.15) is 0 Å². The molecule has 22 heavy (non-hydrogen) atoms. The molecule has 5 nitrogen and oxygen atoms in total. The van der Waals surface area contributed by atoms with Crippen molar-refractivity contribution >= 4 is 5.91 Å². The lowest BCUT2D eigenvalue weighted by molar-refractivity contribution is -0.137. The Kier molecular flexibility index (Phi) is 4.76. The molecule has 2 aliphatic rings. The van der Waals surface area contributed by atoms with Crippen LogP contribution in [-0.2, 0) is 11.3 Å². The molecule has 3 atom stereocenters. The highest BCUT2D eigenvalue weighted by Gasteiger charge is 2.37. The molecule has 0 aromatic heterocycles. The maximum atomic E-state index is 12.5. The van der Waals surface area contributed by atoms with E-state index >= 15 is 0 Å². The summed E-state index contributed by atoms with van der Waals surface area (Å²) in [5, 5.41) is 9.72. The highest BCUT2D eigenvalue weighted by atomic mass is 16.3. The Morgan fingerprint density at radius 3 is 2.41 bits per heavy atom. The van der Waals surface area contributed by atoms with Crippen molar-refractivity contribution in [3.05, 3.63) is 35.9 Å². The van der Waals surface area contributed by atoms with Gasteiger partial charge in [0.15, 0.2) is 0 Å². The van der Waals surface area contributed by atoms with Crippen LogP contribution in [0.1, 0.15) is 18.4 Å². The molecule has 1 aliphatic heterocycles. The molecule has 1 saturated heterocycles. The van der Waals surface area contributed by atoms with E-state index in [-0.39, 0.29) is 17.9 Å². The van der Waals surface area contributed by atoms with E-state index in [1.807, 2.05) is 11.0 Å². The summed E-state index contributed by atoms with van der Waals surface area (Å²) >= 11 is 0. The number of nitrogens with zero attached hydrogens (tertiary/aromatic N) is 2. The Balaban J connectivity index is 1.48. The third-order valence-electron chi connectivity index (χ3n) is 4.86. The zero-order valence-corrected chi connectivity index (χ0v) is 12.9. The first-order chi connectivity index (χ1) is 10.6. The second-order valence-electron chi connectivity index (χ2n) is 6.49. The van der Waals surface area contributed by atoms with Crippen molar-refractivity contribution in [1.82, 2.24) is 9.80 Å². The minimum absolute atomic E-state index is 0.0920. The first kappa shape index (κ1) is 15.5. The highest BCUT2D eigenvalue weighted by molar-refractivity contribution is 5.79.